The maximum atomic E-state index is 9.67. The molecule has 1 atom stereocenters. The Balaban J connectivity index is 0.00000385. The van der Waals surface area contributed by atoms with Gasteiger partial charge in [-0.25, -0.2) is 4.99 Å². The number of piperidine rings is 1. The third-order valence-electron chi connectivity index (χ3n) is 6.78. The average Bonchev–Trinajstić information content (AvgIpc) is 3.34. The molecule has 1 aromatic carbocycles. The van der Waals surface area contributed by atoms with Crippen LogP contribution in [0.25, 0.3) is 0 Å². The van der Waals surface area contributed by atoms with E-state index in [2.05, 4.69) is 53.6 Å². The quantitative estimate of drug-likeness (QED) is 0.210. The SMILES string of the molecule is CCNC(=NCc1ccc(CN2CCC(O)CC2)cc1)NCCC(OCC)C1CCCC1.I. The molecule has 1 saturated heterocycles. The van der Waals surface area contributed by atoms with E-state index in [-0.39, 0.29) is 30.1 Å². The molecular weight excluding hydrogens is 527 g/mol. The van der Waals surface area contributed by atoms with Gasteiger partial charge in [0.1, 0.15) is 0 Å². The van der Waals surface area contributed by atoms with Crippen molar-refractivity contribution >= 4 is 29.9 Å². The van der Waals surface area contributed by atoms with Gasteiger partial charge >= 0.3 is 0 Å². The first-order valence-corrected chi connectivity index (χ1v) is 12.8. The van der Waals surface area contributed by atoms with E-state index >= 15 is 0 Å². The van der Waals surface area contributed by atoms with E-state index in [1.165, 1.54) is 36.8 Å². The molecule has 1 saturated carbocycles. The number of hydrogen-bond donors (Lipinski definition) is 3. The van der Waals surface area contributed by atoms with Crippen LogP contribution in [0, 0.1) is 5.92 Å². The molecule has 3 rings (SSSR count). The molecule has 1 aliphatic heterocycles. The standard InChI is InChI=1S/C26H44N4O2.HI/c1-3-27-26(28-16-13-25(32-4-2)23-7-5-6-8-23)29-19-21-9-11-22(12-10-21)20-30-17-14-24(31)15-18-30;/h9-12,23-25,31H,3-8,13-20H2,1-2H3,(H2,27,28,29);1H. The highest BCUT2D eigenvalue weighted by Crippen LogP contribution is 2.30. The van der Waals surface area contributed by atoms with Crippen molar-refractivity contribution in [3.63, 3.8) is 0 Å². The molecule has 0 aromatic heterocycles. The fourth-order valence-electron chi connectivity index (χ4n) is 4.93. The van der Waals surface area contributed by atoms with Crippen LogP contribution in [0.2, 0.25) is 0 Å². The van der Waals surface area contributed by atoms with Crippen LogP contribution < -0.4 is 10.6 Å². The van der Waals surface area contributed by atoms with Crippen molar-refractivity contribution in [3.8, 4) is 0 Å². The van der Waals surface area contributed by atoms with Crippen LogP contribution in [0.15, 0.2) is 29.3 Å². The average molecular weight is 573 g/mol. The van der Waals surface area contributed by atoms with E-state index in [1.807, 2.05) is 0 Å². The zero-order valence-electron chi connectivity index (χ0n) is 20.6. The van der Waals surface area contributed by atoms with Gasteiger partial charge in [0.15, 0.2) is 5.96 Å². The number of guanidine groups is 1. The van der Waals surface area contributed by atoms with Gasteiger partial charge in [-0.05, 0) is 63.0 Å². The zero-order chi connectivity index (χ0) is 22.6. The zero-order valence-corrected chi connectivity index (χ0v) is 22.9. The first-order chi connectivity index (χ1) is 15.7. The van der Waals surface area contributed by atoms with E-state index < -0.39 is 0 Å². The number of nitrogens with one attached hydrogen (secondary N) is 2. The highest BCUT2D eigenvalue weighted by atomic mass is 127. The van der Waals surface area contributed by atoms with E-state index in [1.54, 1.807) is 0 Å². The van der Waals surface area contributed by atoms with Crippen LogP contribution >= 0.6 is 24.0 Å². The van der Waals surface area contributed by atoms with Gasteiger partial charge in [0, 0.05) is 39.3 Å². The maximum Gasteiger partial charge on any atom is 0.191 e. The summed E-state index contributed by atoms with van der Waals surface area (Å²) in [6.07, 6.45) is 8.40. The largest absolute Gasteiger partial charge is 0.393 e. The number of aliphatic hydroxyl groups excluding tert-OH is 1. The molecule has 188 valence electrons. The number of halogens is 1. The highest BCUT2D eigenvalue weighted by Gasteiger charge is 2.25. The Bertz CT molecular complexity index is 671. The van der Waals surface area contributed by atoms with E-state index in [4.69, 9.17) is 9.73 Å². The van der Waals surface area contributed by atoms with Crippen LogP contribution in [0.1, 0.15) is 69.9 Å². The lowest BCUT2D eigenvalue weighted by molar-refractivity contribution is 0.0169. The summed E-state index contributed by atoms with van der Waals surface area (Å²) in [4.78, 5) is 7.22. The first-order valence-electron chi connectivity index (χ1n) is 12.8. The molecule has 7 heteroatoms. The monoisotopic (exact) mass is 572 g/mol. The summed E-state index contributed by atoms with van der Waals surface area (Å²) in [5.74, 6) is 1.61. The number of hydrogen-bond acceptors (Lipinski definition) is 4. The van der Waals surface area contributed by atoms with Crippen LogP contribution in [0.3, 0.4) is 0 Å². The molecule has 1 heterocycles. The van der Waals surface area contributed by atoms with Crippen LogP contribution in [-0.4, -0.2) is 61.0 Å². The van der Waals surface area contributed by atoms with Gasteiger partial charge in [0.25, 0.3) is 0 Å². The van der Waals surface area contributed by atoms with E-state index in [9.17, 15) is 5.11 Å². The summed E-state index contributed by atoms with van der Waals surface area (Å²) in [7, 11) is 0. The summed E-state index contributed by atoms with van der Waals surface area (Å²) in [6, 6.07) is 8.80. The van der Waals surface area contributed by atoms with Gasteiger partial charge < -0.3 is 20.5 Å². The topological polar surface area (TPSA) is 69.1 Å². The number of nitrogens with zero attached hydrogens (tertiary/aromatic N) is 2. The van der Waals surface area contributed by atoms with Crippen LogP contribution in [0.5, 0.6) is 0 Å². The summed E-state index contributed by atoms with van der Waals surface area (Å²) >= 11 is 0. The number of rotatable bonds is 11. The number of benzene rings is 1. The minimum atomic E-state index is -0.112. The lowest BCUT2D eigenvalue weighted by atomic mass is 9.98. The summed E-state index contributed by atoms with van der Waals surface area (Å²) in [5.41, 5.74) is 2.55. The second-order valence-corrected chi connectivity index (χ2v) is 9.27. The van der Waals surface area contributed by atoms with Crippen molar-refractivity contribution in [2.24, 2.45) is 10.9 Å². The minimum absolute atomic E-state index is 0. The van der Waals surface area contributed by atoms with Crippen LogP contribution in [0.4, 0.5) is 0 Å². The second kappa shape index (κ2) is 15.9. The molecule has 0 bridgehead atoms. The molecule has 0 radical (unpaired) electrons. The van der Waals surface area contributed by atoms with Crippen molar-refractivity contribution in [1.29, 1.82) is 0 Å². The molecule has 2 aliphatic rings. The van der Waals surface area contributed by atoms with E-state index in [0.29, 0.717) is 12.6 Å². The van der Waals surface area contributed by atoms with Gasteiger partial charge in [0.2, 0.25) is 0 Å². The normalized spacial score (nSPS) is 19.3. The number of ether oxygens (including phenoxy) is 1. The Morgan fingerprint density at radius 1 is 1.06 bits per heavy atom. The second-order valence-electron chi connectivity index (χ2n) is 9.27. The fourth-order valence-corrected chi connectivity index (χ4v) is 4.93. The minimum Gasteiger partial charge on any atom is -0.393 e. The molecule has 33 heavy (non-hydrogen) atoms. The molecular formula is C26H45IN4O2. The molecule has 3 N–H and O–H groups in total. The molecule has 1 aromatic rings. The maximum absolute atomic E-state index is 9.67. The van der Waals surface area contributed by atoms with Gasteiger partial charge in [0.05, 0.1) is 18.8 Å². The van der Waals surface area contributed by atoms with Gasteiger partial charge in [-0.15, -0.1) is 24.0 Å². The van der Waals surface area contributed by atoms with Crippen molar-refractivity contribution in [2.75, 3.05) is 32.8 Å². The third kappa shape index (κ3) is 10.1. The number of aliphatic imine (C=N–C) groups is 1. The fraction of sp³-hybridized carbons (Fsp3) is 0.731. The molecule has 0 spiro atoms. The lowest BCUT2D eigenvalue weighted by Gasteiger charge is -2.29. The Morgan fingerprint density at radius 2 is 1.73 bits per heavy atom. The first kappa shape index (κ1) is 28.3. The highest BCUT2D eigenvalue weighted by molar-refractivity contribution is 14.0. The Labute approximate surface area is 218 Å². The van der Waals surface area contributed by atoms with Crippen LogP contribution in [-0.2, 0) is 17.8 Å². The van der Waals surface area contributed by atoms with Crippen molar-refractivity contribution in [3.05, 3.63) is 35.4 Å². The number of aliphatic hydroxyl groups is 1. The van der Waals surface area contributed by atoms with Crippen molar-refractivity contribution in [1.82, 2.24) is 15.5 Å². The predicted molar refractivity (Wildman–Crippen MR) is 147 cm³/mol. The van der Waals surface area contributed by atoms with Gasteiger partial charge in [-0.1, -0.05) is 37.1 Å². The predicted octanol–water partition coefficient (Wildman–Crippen LogP) is 4.30. The molecule has 1 unspecified atom stereocenters. The molecule has 1 aliphatic carbocycles. The Kier molecular flexibility index (Phi) is 13.7. The lowest BCUT2D eigenvalue weighted by Crippen LogP contribution is -2.39. The van der Waals surface area contributed by atoms with E-state index in [0.717, 1.165) is 70.5 Å². The molecule has 6 nitrogen and oxygen atoms in total. The molecule has 2 fully saturated rings. The van der Waals surface area contributed by atoms with Crippen molar-refractivity contribution < 1.29 is 9.84 Å². The van der Waals surface area contributed by atoms with Crippen molar-refractivity contribution in [2.45, 2.75) is 84.1 Å². The molecule has 0 amide bonds. The third-order valence-corrected chi connectivity index (χ3v) is 6.78. The summed E-state index contributed by atoms with van der Waals surface area (Å²) in [6.45, 7) is 10.3. The smallest absolute Gasteiger partial charge is 0.191 e. The Morgan fingerprint density at radius 3 is 2.36 bits per heavy atom. The van der Waals surface area contributed by atoms with Gasteiger partial charge in [-0.3, -0.25) is 4.90 Å². The van der Waals surface area contributed by atoms with Gasteiger partial charge in [-0.2, -0.15) is 0 Å². The Hall–Kier alpha value is -0.900. The summed E-state index contributed by atoms with van der Waals surface area (Å²) in [5, 5.41) is 16.5. The number of likely N-dealkylation sites (tertiary alicyclic amines) is 1. The summed E-state index contributed by atoms with van der Waals surface area (Å²) < 4.78 is 6.05.